The van der Waals surface area contributed by atoms with Crippen molar-refractivity contribution >= 4 is 0 Å². The van der Waals surface area contributed by atoms with Crippen molar-refractivity contribution in [3.05, 3.63) is 0 Å². The molecule has 0 aliphatic heterocycles. The van der Waals surface area contributed by atoms with Crippen LogP contribution in [0.5, 0.6) is 0 Å². The van der Waals surface area contributed by atoms with Gasteiger partial charge in [-0.3, -0.25) is 0 Å². The molecule has 0 aromatic rings. The Hall–Kier alpha value is -0.0400. The summed E-state index contributed by atoms with van der Waals surface area (Å²) in [6.45, 7) is 9.15. The first-order chi connectivity index (χ1) is 4.90. The second kappa shape index (κ2) is 2.48. The summed E-state index contributed by atoms with van der Waals surface area (Å²) in [5.74, 6) is 0.704. The molecule has 1 rings (SSSR count). The molecule has 1 unspecified atom stereocenters. The molecule has 2 N–H and O–H groups in total. The third-order valence-corrected chi connectivity index (χ3v) is 2.97. The van der Waals surface area contributed by atoms with Gasteiger partial charge in [0.05, 0.1) is 0 Å². The van der Waals surface area contributed by atoms with E-state index in [0.717, 1.165) is 0 Å². The summed E-state index contributed by atoms with van der Waals surface area (Å²) >= 11 is 0. The second-order valence-electron chi connectivity index (χ2n) is 5.06. The van der Waals surface area contributed by atoms with E-state index in [0.29, 0.717) is 11.3 Å². The van der Waals surface area contributed by atoms with Gasteiger partial charge in [0, 0.05) is 5.54 Å². The third-order valence-electron chi connectivity index (χ3n) is 2.97. The smallest absolute Gasteiger partial charge is 0.0189 e. The van der Waals surface area contributed by atoms with E-state index in [-0.39, 0.29) is 5.54 Å². The minimum absolute atomic E-state index is 0.201. The first kappa shape index (κ1) is 9.05. The summed E-state index contributed by atoms with van der Waals surface area (Å²) in [6, 6.07) is 0. The Labute approximate surface area is 70.4 Å². The molecule has 1 aliphatic carbocycles. The quantitative estimate of drug-likeness (QED) is 0.651. The van der Waals surface area contributed by atoms with Gasteiger partial charge < -0.3 is 5.73 Å². The molecule has 0 amide bonds. The molecule has 11 heavy (non-hydrogen) atoms. The summed E-state index contributed by atoms with van der Waals surface area (Å²) in [7, 11) is 0. The average molecular weight is 155 g/mol. The van der Waals surface area contributed by atoms with Crippen LogP contribution in [0.1, 0.15) is 47.0 Å². The van der Waals surface area contributed by atoms with Crippen LogP contribution in [0, 0.1) is 11.3 Å². The van der Waals surface area contributed by atoms with Gasteiger partial charge in [-0.25, -0.2) is 0 Å². The molecule has 0 aromatic heterocycles. The Bertz CT molecular complexity index is 134. The third kappa shape index (κ3) is 1.76. The van der Waals surface area contributed by atoms with Crippen LogP contribution in [0.3, 0.4) is 0 Å². The molecule has 1 aliphatic rings. The van der Waals surface area contributed by atoms with Crippen LogP contribution >= 0.6 is 0 Å². The summed E-state index contributed by atoms with van der Waals surface area (Å²) < 4.78 is 0. The van der Waals surface area contributed by atoms with Crippen molar-refractivity contribution in [3.63, 3.8) is 0 Å². The van der Waals surface area contributed by atoms with Crippen molar-refractivity contribution in [2.75, 3.05) is 0 Å². The van der Waals surface area contributed by atoms with Gasteiger partial charge in [0.2, 0.25) is 0 Å². The number of nitrogens with two attached hydrogens (primary N) is 1. The maximum absolute atomic E-state index is 6.19. The standard InChI is InChI=1S/C10H21N/c1-5-8(9(2,3)4)10(11)6-7-10/h8H,5-7,11H2,1-4H3. The summed E-state index contributed by atoms with van der Waals surface area (Å²) in [5.41, 5.74) is 6.78. The molecule has 1 saturated carbocycles. The van der Waals surface area contributed by atoms with E-state index in [4.69, 9.17) is 5.73 Å². The predicted molar refractivity (Wildman–Crippen MR) is 49.4 cm³/mol. The Morgan fingerprint density at radius 2 is 1.82 bits per heavy atom. The molecule has 0 bridgehead atoms. The van der Waals surface area contributed by atoms with Crippen LogP contribution < -0.4 is 5.73 Å². The van der Waals surface area contributed by atoms with Gasteiger partial charge in [0.15, 0.2) is 0 Å². The molecule has 0 saturated heterocycles. The van der Waals surface area contributed by atoms with E-state index < -0.39 is 0 Å². The molecule has 0 heterocycles. The fourth-order valence-corrected chi connectivity index (χ4v) is 2.37. The van der Waals surface area contributed by atoms with E-state index in [2.05, 4.69) is 27.7 Å². The maximum Gasteiger partial charge on any atom is 0.0189 e. The molecule has 1 atom stereocenters. The van der Waals surface area contributed by atoms with Crippen molar-refractivity contribution in [1.82, 2.24) is 0 Å². The van der Waals surface area contributed by atoms with Crippen molar-refractivity contribution in [3.8, 4) is 0 Å². The summed E-state index contributed by atoms with van der Waals surface area (Å²) in [5, 5.41) is 0. The van der Waals surface area contributed by atoms with Gasteiger partial charge in [-0.15, -0.1) is 0 Å². The van der Waals surface area contributed by atoms with Crippen LogP contribution in [-0.2, 0) is 0 Å². The first-order valence-corrected chi connectivity index (χ1v) is 4.69. The Morgan fingerprint density at radius 1 is 1.36 bits per heavy atom. The number of hydrogen-bond acceptors (Lipinski definition) is 1. The van der Waals surface area contributed by atoms with Crippen molar-refractivity contribution in [2.24, 2.45) is 17.1 Å². The van der Waals surface area contributed by atoms with Gasteiger partial charge in [-0.1, -0.05) is 34.1 Å². The summed E-state index contributed by atoms with van der Waals surface area (Å²) in [6.07, 6.45) is 3.70. The van der Waals surface area contributed by atoms with Crippen molar-refractivity contribution in [2.45, 2.75) is 52.5 Å². The van der Waals surface area contributed by atoms with E-state index in [1.807, 2.05) is 0 Å². The van der Waals surface area contributed by atoms with E-state index in [1.165, 1.54) is 19.3 Å². The Kier molecular flexibility index (Phi) is 2.04. The molecule has 1 heteroatoms. The fourth-order valence-electron chi connectivity index (χ4n) is 2.37. The highest BCUT2D eigenvalue weighted by Gasteiger charge is 2.48. The highest BCUT2D eigenvalue weighted by molar-refractivity contribution is 5.06. The number of hydrogen-bond donors (Lipinski definition) is 1. The molecule has 66 valence electrons. The zero-order valence-corrected chi connectivity index (χ0v) is 8.28. The zero-order chi connectivity index (χ0) is 8.70. The molecule has 0 aromatic carbocycles. The highest BCUT2D eigenvalue weighted by atomic mass is 14.8. The number of rotatable bonds is 2. The minimum Gasteiger partial charge on any atom is -0.325 e. The van der Waals surface area contributed by atoms with Gasteiger partial charge in [0.25, 0.3) is 0 Å². The summed E-state index contributed by atoms with van der Waals surface area (Å²) in [4.78, 5) is 0. The maximum atomic E-state index is 6.19. The molecular weight excluding hydrogens is 134 g/mol. The minimum atomic E-state index is 0.201. The van der Waals surface area contributed by atoms with E-state index in [1.54, 1.807) is 0 Å². The van der Waals surface area contributed by atoms with Crippen LogP contribution in [0.15, 0.2) is 0 Å². The lowest BCUT2D eigenvalue weighted by molar-refractivity contribution is 0.183. The highest BCUT2D eigenvalue weighted by Crippen LogP contribution is 2.48. The fraction of sp³-hybridized carbons (Fsp3) is 1.00. The Balaban J connectivity index is 2.64. The topological polar surface area (TPSA) is 26.0 Å². The average Bonchev–Trinajstić information content (AvgIpc) is 2.45. The first-order valence-electron chi connectivity index (χ1n) is 4.69. The lowest BCUT2D eigenvalue weighted by atomic mass is 9.73. The predicted octanol–water partition coefficient (Wildman–Crippen LogP) is 2.55. The van der Waals surface area contributed by atoms with Crippen LogP contribution in [0.25, 0.3) is 0 Å². The molecule has 0 radical (unpaired) electrons. The van der Waals surface area contributed by atoms with E-state index in [9.17, 15) is 0 Å². The molecule has 0 spiro atoms. The monoisotopic (exact) mass is 155 g/mol. The van der Waals surface area contributed by atoms with E-state index >= 15 is 0 Å². The SMILES string of the molecule is CCC(C(C)(C)C)C1(N)CC1. The van der Waals surface area contributed by atoms with Crippen molar-refractivity contribution in [1.29, 1.82) is 0 Å². The van der Waals surface area contributed by atoms with Gasteiger partial charge >= 0.3 is 0 Å². The molecule has 1 fully saturated rings. The normalized spacial score (nSPS) is 24.8. The van der Waals surface area contributed by atoms with Crippen molar-refractivity contribution < 1.29 is 0 Å². The lowest BCUT2D eigenvalue weighted by Crippen LogP contribution is -2.40. The largest absolute Gasteiger partial charge is 0.325 e. The van der Waals surface area contributed by atoms with Gasteiger partial charge in [-0.2, -0.15) is 0 Å². The Morgan fingerprint density at radius 3 is 1.91 bits per heavy atom. The van der Waals surface area contributed by atoms with Crippen LogP contribution in [-0.4, -0.2) is 5.54 Å². The van der Waals surface area contributed by atoms with Gasteiger partial charge in [-0.05, 0) is 24.2 Å². The van der Waals surface area contributed by atoms with Gasteiger partial charge in [0.1, 0.15) is 0 Å². The van der Waals surface area contributed by atoms with Crippen LogP contribution in [0.2, 0.25) is 0 Å². The second-order valence-corrected chi connectivity index (χ2v) is 5.06. The zero-order valence-electron chi connectivity index (χ0n) is 8.28. The lowest BCUT2D eigenvalue weighted by Gasteiger charge is -2.34. The molecular formula is C10H21N. The molecule has 1 nitrogen and oxygen atoms in total. The van der Waals surface area contributed by atoms with Crippen LogP contribution in [0.4, 0.5) is 0 Å².